The zero-order chi connectivity index (χ0) is 17.4. The monoisotopic (exact) mass is 337 g/mol. The summed E-state index contributed by atoms with van der Waals surface area (Å²) in [6.07, 6.45) is 3.43. The number of carbonyl (C=O) groups is 1. The number of pyridine rings is 1. The molecule has 0 bridgehead atoms. The number of hydrogen-bond donors (Lipinski definition) is 0. The van der Waals surface area contributed by atoms with Gasteiger partial charge in [-0.15, -0.1) is 10.2 Å². The Bertz CT molecular complexity index is 968. The van der Waals surface area contributed by atoms with Gasteiger partial charge >= 0.3 is 0 Å². The number of nitro benzene ring substituents is 1. The Hall–Kier alpha value is -3.29. The molecule has 25 heavy (non-hydrogen) atoms. The van der Waals surface area contributed by atoms with Crippen LogP contribution in [0.2, 0.25) is 0 Å². The molecule has 3 heterocycles. The van der Waals surface area contributed by atoms with Gasteiger partial charge in [0.25, 0.3) is 11.6 Å². The molecule has 0 spiro atoms. The first kappa shape index (κ1) is 15.3. The molecular formula is C17H15N5O3. The summed E-state index contributed by atoms with van der Waals surface area (Å²) in [5, 5.41) is 19.6. The Labute approximate surface area is 142 Å². The number of likely N-dealkylation sites (tertiary alicyclic amines) is 1. The molecule has 0 N–H and O–H groups in total. The van der Waals surface area contributed by atoms with Crippen molar-refractivity contribution in [2.24, 2.45) is 0 Å². The molecule has 2 aromatic heterocycles. The summed E-state index contributed by atoms with van der Waals surface area (Å²) in [4.78, 5) is 25.3. The summed E-state index contributed by atoms with van der Waals surface area (Å²) in [6, 6.07) is 11.4. The summed E-state index contributed by atoms with van der Waals surface area (Å²) < 4.78 is 1.86. The summed E-state index contributed by atoms with van der Waals surface area (Å²) in [5.74, 6) is 0.336. The van der Waals surface area contributed by atoms with Crippen molar-refractivity contribution in [1.82, 2.24) is 19.5 Å². The van der Waals surface area contributed by atoms with Crippen LogP contribution in [0, 0.1) is 10.1 Å². The van der Waals surface area contributed by atoms with Crippen LogP contribution >= 0.6 is 0 Å². The van der Waals surface area contributed by atoms with E-state index in [4.69, 9.17) is 0 Å². The molecule has 1 atom stereocenters. The van der Waals surface area contributed by atoms with E-state index in [1.807, 2.05) is 28.8 Å². The average Bonchev–Trinajstić information content (AvgIpc) is 3.27. The number of para-hydroxylation sites is 1. The summed E-state index contributed by atoms with van der Waals surface area (Å²) in [6.45, 7) is 0.539. The summed E-state index contributed by atoms with van der Waals surface area (Å²) >= 11 is 0. The normalized spacial score (nSPS) is 17.1. The zero-order valence-electron chi connectivity index (χ0n) is 13.3. The highest BCUT2D eigenvalue weighted by atomic mass is 16.6. The Kier molecular flexibility index (Phi) is 3.64. The third kappa shape index (κ3) is 2.51. The topological polar surface area (TPSA) is 93.6 Å². The van der Waals surface area contributed by atoms with Crippen LogP contribution < -0.4 is 0 Å². The van der Waals surface area contributed by atoms with E-state index < -0.39 is 4.92 Å². The van der Waals surface area contributed by atoms with Gasteiger partial charge in [0.05, 0.1) is 11.0 Å². The molecule has 8 nitrogen and oxygen atoms in total. The number of nitrogens with zero attached hydrogens (tertiary/aromatic N) is 5. The SMILES string of the molecule is O=C(c1ccccc1[N+](=O)[O-])N1CCC[C@H]1c1nnc2ccccn12. The van der Waals surface area contributed by atoms with Gasteiger partial charge < -0.3 is 4.90 Å². The van der Waals surface area contributed by atoms with Crippen LogP contribution in [0.5, 0.6) is 0 Å². The van der Waals surface area contributed by atoms with Gasteiger partial charge in [-0.05, 0) is 31.0 Å². The number of rotatable bonds is 3. The lowest BCUT2D eigenvalue weighted by Gasteiger charge is -2.23. The van der Waals surface area contributed by atoms with E-state index in [-0.39, 0.29) is 23.2 Å². The largest absolute Gasteiger partial charge is 0.328 e. The molecule has 0 saturated carbocycles. The fraction of sp³-hybridized carbons (Fsp3) is 0.235. The van der Waals surface area contributed by atoms with Gasteiger partial charge in [0.15, 0.2) is 11.5 Å². The quantitative estimate of drug-likeness (QED) is 0.541. The van der Waals surface area contributed by atoms with E-state index in [1.54, 1.807) is 17.0 Å². The molecule has 0 aliphatic carbocycles. The van der Waals surface area contributed by atoms with E-state index >= 15 is 0 Å². The van der Waals surface area contributed by atoms with Crippen molar-refractivity contribution in [1.29, 1.82) is 0 Å². The third-order valence-corrected chi connectivity index (χ3v) is 4.48. The Morgan fingerprint density at radius 1 is 1.16 bits per heavy atom. The molecular weight excluding hydrogens is 322 g/mol. The van der Waals surface area contributed by atoms with Gasteiger partial charge in [-0.1, -0.05) is 18.2 Å². The predicted molar refractivity (Wildman–Crippen MR) is 89.1 cm³/mol. The lowest BCUT2D eigenvalue weighted by molar-refractivity contribution is -0.385. The molecule has 1 aromatic carbocycles. The number of nitro groups is 1. The van der Waals surface area contributed by atoms with Gasteiger partial charge in [0.1, 0.15) is 5.56 Å². The lowest BCUT2D eigenvalue weighted by atomic mass is 10.1. The maximum atomic E-state index is 13.0. The fourth-order valence-corrected chi connectivity index (χ4v) is 3.33. The molecule has 8 heteroatoms. The number of aromatic nitrogens is 3. The highest BCUT2D eigenvalue weighted by Crippen LogP contribution is 2.33. The molecule has 3 aromatic rings. The van der Waals surface area contributed by atoms with Gasteiger partial charge in [-0.2, -0.15) is 0 Å². The maximum Gasteiger partial charge on any atom is 0.282 e. The van der Waals surface area contributed by atoms with Crippen molar-refractivity contribution in [3.05, 3.63) is 70.2 Å². The number of benzene rings is 1. The number of hydrogen-bond acceptors (Lipinski definition) is 5. The van der Waals surface area contributed by atoms with E-state index in [0.29, 0.717) is 18.0 Å². The first-order valence-electron chi connectivity index (χ1n) is 8.01. The number of amides is 1. The Morgan fingerprint density at radius 3 is 2.80 bits per heavy atom. The highest BCUT2D eigenvalue weighted by molar-refractivity contribution is 5.98. The second kappa shape index (κ2) is 5.97. The van der Waals surface area contributed by atoms with E-state index in [2.05, 4.69) is 10.2 Å². The molecule has 1 amide bonds. The van der Waals surface area contributed by atoms with Crippen LogP contribution in [-0.2, 0) is 0 Å². The van der Waals surface area contributed by atoms with Crippen molar-refractivity contribution in [3.63, 3.8) is 0 Å². The highest BCUT2D eigenvalue weighted by Gasteiger charge is 2.35. The molecule has 1 saturated heterocycles. The fourth-order valence-electron chi connectivity index (χ4n) is 3.33. The second-order valence-corrected chi connectivity index (χ2v) is 5.92. The van der Waals surface area contributed by atoms with Crippen LogP contribution in [0.3, 0.4) is 0 Å². The molecule has 126 valence electrons. The first-order valence-corrected chi connectivity index (χ1v) is 8.01. The van der Waals surface area contributed by atoms with Gasteiger partial charge in [-0.25, -0.2) is 0 Å². The smallest absolute Gasteiger partial charge is 0.282 e. The third-order valence-electron chi connectivity index (χ3n) is 4.48. The maximum absolute atomic E-state index is 13.0. The van der Waals surface area contributed by atoms with Crippen LogP contribution in [0.4, 0.5) is 5.69 Å². The Balaban J connectivity index is 1.73. The van der Waals surface area contributed by atoms with Crippen molar-refractivity contribution in [2.45, 2.75) is 18.9 Å². The molecule has 1 aliphatic heterocycles. The zero-order valence-corrected chi connectivity index (χ0v) is 13.3. The standard InChI is InChI=1S/C17H15N5O3/c23-17(12-6-1-2-7-13(12)22(24)25)20-11-5-8-14(20)16-19-18-15-9-3-4-10-21(15)16/h1-4,6-7,9-10,14H,5,8,11H2/t14-/m0/s1. The van der Waals surface area contributed by atoms with Crippen molar-refractivity contribution < 1.29 is 9.72 Å². The number of fused-ring (bicyclic) bond motifs is 1. The Morgan fingerprint density at radius 2 is 1.96 bits per heavy atom. The molecule has 0 unspecified atom stereocenters. The van der Waals surface area contributed by atoms with E-state index in [1.165, 1.54) is 12.1 Å². The van der Waals surface area contributed by atoms with Crippen LogP contribution in [0.25, 0.3) is 5.65 Å². The lowest BCUT2D eigenvalue weighted by Crippen LogP contribution is -2.32. The van der Waals surface area contributed by atoms with E-state index in [9.17, 15) is 14.9 Å². The minimum Gasteiger partial charge on any atom is -0.328 e. The van der Waals surface area contributed by atoms with Crippen LogP contribution in [-0.4, -0.2) is 36.9 Å². The van der Waals surface area contributed by atoms with Crippen molar-refractivity contribution in [2.75, 3.05) is 6.54 Å². The molecule has 4 rings (SSSR count). The van der Waals surface area contributed by atoms with Crippen molar-refractivity contribution >= 4 is 17.2 Å². The molecule has 0 radical (unpaired) electrons. The van der Waals surface area contributed by atoms with E-state index in [0.717, 1.165) is 12.8 Å². The second-order valence-electron chi connectivity index (χ2n) is 5.92. The average molecular weight is 337 g/mol. The minimum absolute atomic E-state index is 0.105. The summed E-state index contributed by atoms with van der Waals surface area (Å²) in [5.41, 5.74) is 0.639. The number of carbonyl (C=O) groups excluding carboxylic acids is 1. The summed E-state index contributed by atoms with van der Waals surface area (Å²) in [7, 11) is 0. The molecule has 1 aliphatic rings. The van der Waals surface area contributed by atoms with Crippen LogP contribution in [0.1, 0.15) is 35.1 Å². The molecule has 1 fully saturated rings. The van der Waals surface area contributed by atoms with Crippen LogP contribution in [0.15, 0.2) is 48.7 Å². The minimum atomic E-state index is -0.523. The first-order chi connectivity index (χ1) is 12.2. The predicted octanol–water partition coefficient (Wildman–Crippen LogP) is 2.61. The van der Waals surface area contributed by atoms with Crippen molar-refractivity contribution in [3.8, 4) is 0 Å². The van der Waals surface area contributed by atoms with Gasteiger partial charge in [0, 0.05) is 18.8 Å². The van der Waals surface area contributed by atoms with Gasteiger partial charge in [-0.3, -0.25) is 19.3 Å². The van der Waals surface area contributed by atoms with Gasteiger partial charge in [0.2, 0.25) is 0 Å².